The average molecular weight is 264 g/mol. The van der Waals surface area contributed by atoms with Crippen LogP contribution in [0.3, 0.4) is 0 Å². The van der Waals surface area contributed by atoms with Gasteiger partial charge in [0.1, 0.15) is 0 Å². The summed E-state index contributed by atoms with van der Waals surface area (Å²) in [6, 6.07) is 0.741. The van der Waals surface area contributed by atoms with E-state index in [-0.39, 0.29) is 0 Å². The zero-order valence-corrected chi connectivity index (χ0v) is 11.7. The van der Waals surface area contributed by atoms with Crippen molar-refractivity contribution < 1.29 is 4.74 Å². The van der Waals surface area contributed by atoms with Crippen molar-refractivity contribution in [3.63, 3.8) is 0 Å². The molecule has 1 atom stereocenters. The first kappa shape index (κ1) is 13.1. The van der Waals surface area contributed by atoms with Gasteiger partial charge in [-0.15, -0.1) is 0 Å². The predicted octanol–water partition coefficient (Wildman–Crippen LogP) is 0.856. The summed E-state index contributed by atoms with van der Waals surface area (Å²) in [7, 11) is 0. The van der Waals surface area contributed by atoms with Gasteiger partial charge in [0.2, 0.25) is 0 Å². The van der Waals surface area contributed by atoms with Crippen LogP contribution in [0.2, 0.25) is 0 Å². The number of likely N-dealkylation sites (N-methyl/N-ethyl adjacent to an activating group) is 1. The van der Waals surface area contributed by atoms with Gasteiger partial charge in [0.25, 0.3) is 0 Å². The summed E-state index contributed by atoms with van der Waals surface area (Å²) in [4.78, 5) is 6.73. The monoisotopic (exact) mass is 264 g/mol. The van der Waals surface area contributed by atoms with Crippen LogP contribution in [-0.4, -0.2) is 52.8 Å². The van der Waals surface area contributed by atoms with Gasteiger partial charge in [-0.1, -0.05) is 6.92 Å². The third-order valence-corrected chi connectivity index (χ3v) is 4.02. The number of rotatable bonds is 6. The molecule has 106 valence electrons. The third kappa shape index (κ3) is 3.55. The number of nitrogens with zero attached hydrogens (tertiary/aromatic N) is 3. The van der Waals surface area contributed by atoms with Crippen molar-refractivity contribution in [1.82, 2.24) is 19.8 Å². The maximum absolute atomic E-state index is 5.87. The highest BCUT2D eigenvalue weighted by Crippen LogP contribution is 2.19. The molecule has 5 heteroatoms. The maximum atomic E-state index is 5.87. The Morgan fingerprint density at radius 3 is 3.16 bits per heavy atom. The summed E-state index contributed by atoms with van der Waals surface area (Å²) in [5.74, 6) is 0. The molecule has 1 aliphatic heterocycles. The van der Waals surface area contributed by atoms with Crippen LogP contribution < -0.4 is 5.32 Å². The van der Waals surface area contributed by atoms with E-state index in [2.05, 4.69) is 26.7 Å². The molecule has 1 saturated carbocycles. The van der Waals surface area contributed by atoms with Crippen LogP contribution in [-0.2, 0) is 17.8 Å². The van der Waals surface area contributed by atoms with Gasteiger partial charge in [-0.2, -0.15) is 0 Å². The van der Waals surface area contributed by atoms with Crippen LogP contribution in [0, 0.1) is 0 Å². The van der Waals surface area contributed by atoms with Crippen molar-refractivity contribution >= 4 is 0 Å². The second-order valence-electron chi connectivity index (χ2n) is 5.58. The topological polar surface area (TPSA) is 42.3 Å². The van der Waals surface area contributed by atoms with Gasteiger partial charge in [0.05, 0.1) is 31.3 Å². The fraction of sp³-hybridized carbons (Fsp3) is 0.786. The lowest BCUT2D eigenvalue weighted by Crippen LogP contribution is -2.44. The minimum atomic E-state index is 0.294. The van der Waals surface area contributed by atoms with Gasteiger partial charge in [-0.05, 0) is 19.4 Å². The average Bonchev–Trinajstić information content (AvgIpc) is 3.17. The van der Waals surface area contributed by atoms with E-state index in [0.717, 1.165) is 45.4 Å². The highest BCUT2D eigenvalue weighted by molar-refractivity contribution is 5.00. The Balaban J connectivity index is 1.54. The van der Waals surface area contributed by atoms with Crippen LogP contribution in [0.1, 0.15) is 25.5 Å². The molecule has 1 aliphatic carbocycles. The Hall–Kier alpha value is -0.910. The second-order valence-corrected chi connectivity index (χ2v) is 5.58. The van der Waals surface area contributed by atoms with Crippen molar-refractivity contribution in [2.24, 2.45) is 0 Å². The van der Waals surface area contributed by atoms with Crippen LogP contribution in [0.4, 0.5) is 0 Å². The van der Waals surface area contributed by atoms with E-state index >= 15 is 0 Å². The van der Waals surface area contributed by atoms with Gasteiger partial charge < -0.3 is 14.6 Å². The minimum Gasteiger partial charge on any atom is -0.374 e. The number of hydrogen-bond acceptors (Lipinski definition) is 4. The van der Waals surface area contributed by atoms with Crippen LogP contribution in [0.15, 0.2) is 12.5 Å². The molecular formula is C14H24N4O. The Morgan fingerprint density at radius 2 is 2.37 bits per heavy atom. The molecule has 1 saturated heterocycles. The van der Waals surface area contributed by atoms with Gasteiger partial charge >= 0.3 is 0 Å². The minimum absolute atomic E-state index is 0.294. The SMILES string of the molecule is CCN1CCOC(Cn2cncc2CNC2CC2)C1. The number of hydrogen-bond donors (Lipinski definition) is 1. The quantitative estimate of drug-likeness (QED) is 0.827. The number of morpholine rings is 1. The molecule has 2 fully saturated rings. The van der Waals surface area contributed by atoms with E-state index in [0.29, 0.717) is 6.10 Å². The molecule has 19 heavy (non-hydrogen) atoms. The first-order valence-electron chi connectivity index (χ1n) is 7.41. The molecular weight excluding hydrogens is 240 g/mol. The Morgan fingerprint density at radius 1 is 1.47 bits per heavy atom. The molecule has 1 N–H and O–H groups in total. The summed E-state index contributed by atoms with van der Waals surface area (Å²) < 4.78 is 8.10. The molecule has 1 aromatic rings. The van der Waals surface area contributed by atoms with Gasteiger partial charge in [-0.25, -0.2) is 4.98 Å². The maximum Gasteiger partial charge on any atom is 0.0949 e. The Bertz CT molecular complexity index is 402. The lowest BCUT2D eigenvalue weighted by atomic mass is 10.2. The highest BCUT2D eigenvalue weighted by Gasteiger charge is 2.22. The first-order valence-corrected chi connectivity index (χ1v) is 7.41. The molecule has 2 heterocycles. The van der Waals surface area contributed by atoms with E-state index < -0.39 is 0 Å². The zero-order chi connectivity index (χ0) is 13.1. The molecule has 0 amide bonds. The van der Waals surface area contributed by atoms with E-state index in [4.69, 9.17) is 4.74 Å². The molecule has 3 rings (SSSR count). The summed E-state index contributed by atoms with van der Waals surface area (Å²) in [5, 5.41) is 3.54. The lowest BCUT2D eigenvalue weighted by molar-refractivity contribution is -0.0346. The first-order chi connectivity index (χ1) is 9.35. The smallest absolute Gasteiger partial charge is 0.0949 e. The van der Waals surface area contributed by atoms with Crippen molar-refractivity contribution in [1.29, 1.82) is 0 Å². The van der Waals surface area contributed by atoms with Crippen molar-refractivity contribution in [3.05, 3.63) is 18.2 Å². The van der Waals surface area contributed by atoms with Gasteiger partial charge in [0.15, 0.2) is 0 Å². The summed E-state index contributed by atoms with van der Waals surface area (Å²) >= 11 is 0. The number of ether oxygens (including phenoxy) is 1. The predicted molar refractivity (Wildman–Crippen MR) is 73.9 cm³/mol. The molecule has 0 spiro atoms. The van der Waals surface area contributed by atoms with Crippen LogP contribution >= 0.6 is 0 Å². The molecule has 0 bridgehead atoms. The van der Waals surface area contributed by atoms with E-state index in [1.807, 2.05) is 12.5 Å². The normalized spacial score (nSPS) is 24.8. The van der Waals surface area contributed by atoms with Crippen LogP contribution in [0.5, 0.6) is 0 Å². The Kier molecular flexibility index (Phi) is 4.15. The standard InChI is InChI=1S/C14H24N4O/c1-2-17-5-6-19-14(9-17)10-18-11-15-7-13(18)8-16-12-3-4-12/h7,11-12,14,16H,2-6,8-10H2,1H3. The summed E-state index contributed by atoms with van der Waals surface area (Å²) in [6.07, 6.45) is 6.84. The van der Waals surface area contributed by atoms with Crippen molar-refractivity contribution in [2.75, 3.05) is 26.2 Å². The number of imidazole rings is 1. The number of aromatic nitrogens is 2. The Labute approximate surface area is 114 Å². The molecule has 1 aromatic heterocycles. The molecule has 1 unspecified atom stereocenters. The van der Waals surface area contributed by atoms with Gasteiger partial charge in [-0.3, -0.25) is 4.90 Å². The summed E-state index contributed by atoms with van der Waals surface area (Å²) in [6.45, 7) is 8.11. The second kappa shape index (κ2) is 6.03. The van der Waals surface area contributed by atoms with E-state index in [9.17, 15) is 0 Å². The van der Waals surface area contributed by atoms with Crippen molar-refractivity contribution in [2.45, 2.75) is 45.0 Å². The third-order valence-electron chi connectivity index (χ3n) is 4.02. The lowest BCUT2D eigenvalue weighted by Gasteiger charge is -2.32. The van der Waals surface area contributed by atoms with E-state index in [1.54, 1.807) is 0 Å². The van der Waals surface area contributed by atoms with Gasteiger partial charge in [0, 0.05) is 31.9 Å². The highest BCUT2D eigenvalue weighted by atomic mass is 16.5. The fourth-order valence-corrected chi connectivity index (χ4v) is 2.59. The summed E-state index contributed by atoms with van der Waals surface area (Å²) in [5.41, 5.74) is 1.27. The molecule has 5 nitrogen and oxygen atoms in total. The van der Waals surface area contributed by atoms with E-state index in [1.165, 1.54) is 18.5 Å². The molecule has 2 aliphatic rings. The zero-order valence-electron chi connectivity index (χ0n) is 11.7. The van der Waals surface area contributed by atoms with Crippen molar-refractivity contribution in [3.8, 4) is 0 Å². The fourth-order valence-electron chi connectivity index (χ4n) is 2.59. The molecule has 0 aromatic carbocycles. The van der Waals surface area contributed by atoms with Crippen LogP contribution in [0.25, 0.3) is 0 Å². The number of nitrogens with one attached hydrogen (secondary N) is 1. The molecule has 0 radical (unpaired) electrons. The largest absolute Gasteiger partial charge is 0.374 e.